The van der Waals surface area contributed by atoms with Crippen LogP contribution in [-0.2, 0) is 16.0 Å². The third-order valence-electron chi connectivity index (χ3n) is 4.55. The highest BCUT2D eigenvalue weighted by atomic mass is 19.1. The molecule has 1 saturated heterocycles. The van der Waals surface area contributed by atoms with E-state index in [-0.39, 0.29) is 36.4 Å². The van der Waals surface area contributed by atoms with E-state index in [9.17, 15) is 14.0 Å². The Labute approximate surface area is 162 Å². The summed E-state index contributed by atoms with van der Waals surface area (Å²) >= 11 is 0. The molecule has 2 aromatic rings. The molecule has 148 valence electrons. The summed E-state index contributed by atoms with van der Waals surface area (Å²) in [5, 5.41) is 6.82. The van der Waals surface area contributed by atoms with Gasteiger partial charge < -0.3 is 15.0 Å². The molecule has 0 aliphatic carbocycles. The molecule has 1 aliphatic rings. The number of aromatic nitrogens is 2. The lowest BCUT2D eigenvalue weighted by Crippen LogP contribution is -2.52. The minimum absolute atomic E-state index is 0.0471. The second kappa shape index (κ2) is 8.69. The first-order valence-corrected chi connectivity index (χ1v) is 9.06. The maximum atomic E-state index is 14.0. The van der Waals surface area contributed by atoms with E-state index in [1.807, 2.05) is 16.9 Å². The molecule has 1 atom stereocenters. The van der Waals surface area contributed by atoms with Crippen molar-refractivity contribution in [1.29, 1.82) is 0 Å². The number of carbonyl (C=O) groups excluding carboxylic acids is 2. The van der Waals surface area contributed by atoms with Gasteiger partial charge in [-0.15, -0.1) is 0 Å². The fourth-order valence-corrected chi connectivity index (χ4v) is 3.12. The van der Waals surface area contributed by atoms with E-state index in [4.69, 9.17) is 4.74 Å². The monoisotopic (exact) mass is 386 g/mol. The van der Waals surface area contributed by atoms with Crippen LogP contribution in [0, 0.1) is 5.82 Å². The van der Waals surface area contributed by atoms with Gasteiger partial charge in [-0.1, -0.05) is 24.8 Å². The zero-order valence-electron chi connectivity index (χ0n) is 15.7. The standard InChI is InChI=1S/C20H23FN4O3/c1-14(2)28-20(27)23-16(10-15-6-3-4-7-18(15)21)11-19(26)24-12-17(13-24)25-9-5-8-22-25/h3-9,16-17H,1,10-13H2,2H3,(H,23,27)/t16-/m1/s1. The van der Waals surface area contributed by atoms with Gasteiger partial charge in [0.05, 0.1) is 11.8 Å². The molecule has 1 aromatic carbocycles. The highest BCUT2D eigenvalue weighted by Crippen LogP contribution is 2.22. The summed E-state index contributed by atoms with van der Waals surface area (Å²) in [6.45, 7) is 6.18. The Balaban J connectivity index is 1.61. The molecule has 7 nitrogen and oxygen atoms in total. The SMILES string of the molecule is C=C(C)OC(=O)N[C@@H](CC(=O)N1CC(n2cccn2)C1)Cc1ccccc1F. The molecule has 0 saturated carbocycles. The molecule has 0 unspecified atom stereocenters. The van der Waals surface area contributed by atoms with Gasteiger partial charge >= 0.3 is 6.09 Å². The number of amides is 2. The minimum atomic E-state index is -0.709. The fraction of sp³-hybridized carbons (Fsp3) is 0.350. The van der Waals surface area contributed by atoms with Crippen molar-refractivity contribution in [2.24, 2.45) is 0 Å². The van der Waals surface area contributed by atoms with Crippen molar-refractivity contribution in [3.63, 3.8) is 0 Å². The lowest BCUT2D eigenvalue weighted by molar-refractivity contribution is -0.137. The van der Waals surface area contributed by atoms with Gasteiger partial charge in [0.1, 0.15) is 5.82 Å². The predicted molar refractivity (Wildman–Crippen MR) is 101 cm³/mol. The van der Waals surface area contributed by atoms with Crippen LogP contribution in [0.15, 0.2) is 55.1 Å². The summed E-state index contributed by atoms with van der Waals surface area (Å²) in [5.41, 5.74) is 0.425. The van der Waals surface area contributed by atoms with E-state index >= 15 is 0 Å². The molecule has 2 heterocycles. The number of benzene rings is 1. The number of halogens is 1. The van der Waals surface area contributed by atoms with Crippen LogP contribution in [0.2, 0.25) is 0 Å². The highest BCUT2D eigenvalue weighted by Gasteiger charge is 2.33. The lowest BCUT2D eigenvalue weighted by Gasteiger charge is -2.39. The van der Waals surface area contributed by atoms with Crippen molar-refractivity contribution in [2.45, 2.75) is 31.8 Å². The molecule has 8 heteroatoms. The molecule has 0 bridgehead atoms. The maximum absolute atomic E-state index is 14.0. The lowest BCUT2D eigenvalue weighted by atomic mass is 10.0. The summed E-state index contributed by atoms with van der Waals surface area (Å²) in [6.07, 6.45) is 3.08. The van der Waals surface area contributed by atoms with Crippen LogP contribution in [0.5, 0.6) is 0 Å². The van der Waals surface area contributed by atoms with Gasteiger partial charge in [-0.2, -0.15) is 5.10 Å². The summed E-state index contributed by atoms with van der Waals surface area (Å²) in [4.78, 5) is 26.3. The van der Waals surface area contributed by atoms with E-state index in [2.05, 4.69) is 17.0 Å². The first-order chi connectivity index (χ1) is 13.4. The van der Waals surface area contributed by atoms with Gasteiger partial charge in [0.2, 0.25) is 5.91 Å². The van der Waals surface area contributed by atoms with Gasteiger partial charge in [-0.3, -0.25) is 9.48 Å². The third kappa shape index (κ3) is 4.97. The zero-order chi connectivity index (χ0) is 20.1. The number of allylic oxidation sites excluding steroid dienone is 1. The number of hydrogen-bond donors (Lipinski definition) is 1. The Hall–Kier alpha value is -3.16. The van der Waals surface area contributed by atoms with Crippen molar-refractivity contribution < 1.29 is 18.7 Å². The van der Waals surface area contributed by atoms with E-state index in [1.54, 1.807) is 36.2 Å². The van der Waals surface area contributed by atoms with Crippen molar-refractivity contribution >= 4 is 12.0 Å². The van der Waals surface area contributed by atoms with Crippen LogP contribution in [-0.4, -0.2) is 45.8 Å². The normalized spacial score (nSPS) is 14.9. The number of hydrogen-bond acceptors (Lipinski definition) is 4. The Morgan fingerprint density at radius 2 is 2.11 bits per heavy atom. The Bertz CT molecular complexity index is 847. The van der Waals surface area contributed by atoms with Crippen LogP contribution >= 0.6 is 0 Å². The maximum Gasteiger partial charge on any atom is 0.412 e. The second-order valence-corrected chi connectivity index (χ2v) is 6.87. The largest absolute Gasteiger partial charge is 0.416 e. The Kier molecular flexibility index (Phi) is 6.08. The van der Waals surface area contributed by atoms with E-state index in [0.717, 1.165) is 0 Å². The molecule has 1 aliphatic heterocycles. The van der Waals surface area contributed by atoms with Crippen molar-refractivity contribution in [3.05, 3.63) is 66.4 Å². The third-order valence-corrected chi connectivity index (χ3v) is 4.55. The number of ether oxygens (including phenoxy) is 1. The number of rotatable bonds is 7. The van der Waals surface area contributed by atoms with Gasteiger partial charge in [-0.25, -0.2) is 9.18 Å². The summed E-state index contributed by atoms with van der Waals surface area (Å²) < 4.78 is 20.8. The summed E-state index contributed by atoms with van der Waals surface area (Å²) in [7, 11) is 0. The quantitative estimate of drug-likeness (QED) is 0.743. The predicted octanol–water partition coefficient (Wildman–Crippen LogP) is 2.67. The first kappa shape index (κ1) is 19.6. The molecule has 28 heavy (non-hydrogen) atoms. The Morgan fingerprint density at radius 1 is 1.36 bits per heavy atom. The average Bonchev–Trinajstić information content (AvgIpc) is 3.08. The molecule has 3 rings (SSSR count). The van der Waals surface area contributed by atoms with Gasteiger partial charge in [0, 0.05) is 37.9 Å². The number of alkyl carbamates (subject to hydrolysis) is 1. The molecule has 1 N–H and O–H groups in total. The molecule has 2 amide bonds. The Morgan fingerprint density at radius 3 is 2.75 bits per heavy atom. The number of likely N-dealkylation sites (tertiary alicyclic amines) is 1. The van der Waals surface area contributed by atoms with Gasteiger partial charge in [0.15, 0.2) is 0 Å². The van der Waals surface area contributed by atoms with Gasteiger partial charge in [-0.05, 0) is 31.0 Å². The fourth-order valence-electron chi connectivity index (χ4n) is 3.12. The van der Waals surface area contributed by atoms with Crippen LogP contribution in [0.3, 0.4) is 0 Å². The van der Waals surface area contributed by atoms with Crippen molar-refractivity contribution in [2.75, 3.05) is 13.1 Å². The minimum Gasteiger partial charge on any atom is -0.416 e. The zero-order valence-corrected chi connectivity index (χ0v) is 15.7. The van der Waals surface area contributed by atoms with Crippen LogP contribution in [0.25, 0.3) is 0 Å². The van der Waals surface area contributed by atoms with Crippen molar-refractivity contribution in [1.82, 2.24) is 20.0 Å². The first-order valence-electron chi connectivity index (χ1n) is 9.06. The summed E-state index contributed by atoms with van der Waals surface area (Å²) in [5.74, 6) is -0.253. The molecule has 1 fully saturated rings. The van der Waals surface area contributed by atoms with Crippen LogP contribution in [0.4, 0.5) is 9.18 Å². The molecular formula is C20H23FN4O3. The van der Waals surface area contributed by atoms with Crippen molar-refractivity contribution in [3.8, 4) is 0 Å². The van der Waals surface area contributed by atoms with E-state index in [1.165, 1.54) is 6.07 Å². The topological polar surface area (TPSA) is 76.5 Å². The van der Waals surface area contributed by atoms with E-state index in [0.29, 0.717) is 18.7 Å². The molecule has 1 aromatic heterocycles. The van der Waals surface area contributed by atoms with E-state index < -0.39 is 12.1 Å². The average molecular weight is 386 g/mol. The highest BCUT2D eigenvalue weighted by molar-refractivity contribution is 5.79. The number of carbonyl (C=O) groups is 2. The van der Waals surface area contributed by atoms with Gasteiger partial charge in [0.25, 0.3) is 0 Å². The smallest absolute Gasteiger partial charge is 0.412 e. The van der Waals surface area contributed by atoms with Crippen LogP contribution < -0.4 is 5.32 Å². The summed E-state index contributed by atoms with van der Waals surface area (Å²) in [6, 6.07) is 7.70. The van der Waals surface area contributed by atoms with Crippen LogP contribution in [0.1, 0.15) is 24.9 Å². The molecular weight excluding hydrogens is 363 g/mol. The number of nitrogens with one attached hydrogen (secondary N) is 1. The molecule has 0 spiro atoms. The second-order valence-electron chi connectivity index (χ2n) is 6.87. The number of nitrogens with zero attached hydrogens (tertiary/aromatic N) is 3. The molecule has 0 radical (unpaired) electrons.